The van der Waals surface area contributed by atoms with Gasteiger partial charge in [0.05, 0.1) is 61.4 Å². The molecule has 1 N–H and O–H groups in total. The first-order chi connectivity index (χ1) is 58.5. The van der Waals surface area contributed by atoms with Crippen LogP contribution >= 0.6 is 0 Å². The molecule has 10 fully saturated rings. The molecule has 27 heteroatoms. The molecule has 7 aromatic carbocycles. The fourth-order valence-corrected chi connectivity index (χ4v) is 17.8. The van der Waals surface area contributed by atoms with E-state index < -0.39 is 203 Å². The lowest BCUT2D eigenvalue weighted by Gasteiger charge is -2.55. The molecule has 0 saturated carbocycles. The minimum Gasteiger partial charge on any atom is -0.451 e. The Morgan fingerprint density at radius 1 is 0.308 bits per heavy atom. The van der Waals surface area contributed by atoms with Crippen molar-refractivity contribution < 1.29 is 128 Å². The van der Waals surface area contributed by atoms with Crippen molar-refractivity contribution in [1.29, 1.82) is 0 Å². The highest BCUT2D eigenvalue weighted by atomic mass is 16.8. The summed E-state index contributed by atoms with van der Waals surface area (Å²) in [5, 5.41) is 13.0. The Bertz CT molecular complexity index is 4440. The van der Waals surface area contributed by atoms with Crippen molar-refractivity contribution >= 4 is 17.9 Å². The molecule has 0 aromatic heterocycles. The van der Waals surface area contributed by atoms with E-state index in [-0.39, 0.29) is 73.6 Å². The minimum atomic E-state index is -1.60. The number of hydrogen-bond donors (Lipinski definition) is 1. The van der Waals surface area contributed by atoms with E-state index in [2.05, 4.69) is 27.7 Å². The van der Waals surface area contributed by atoms with Crippen molar-refractivity contribution in [2.45, 2.75) is 241 Å². The number of carbonyl (C=O) groups excluding carboxylic acids is 3. The molecule has 10 heterocycles. The average molecular weight is 1660 g/mol. The van der Waals surface area contributed by atoms with Gasteiger partial charge in [0.25, 0.3) is 0 Å². The van der Waals surface area contributed by atoms with Crippen LogP contribution in [0.25, 0.3) is 0 Å². The number of fused-ring (bicyclic) bond motifs is 4. The van der Waals surface area contributed by atoms with Crippen LogP contribution in [0.2, 0.25) is 0 Å². The topological polar surface area (TPSA) is 284 Å². The molecule has 0 amide bonds. The third-order valence-corrected chi connectivity index (χ3v) is 24.9. The highest BCUT2D eigenvalue weighted by Gasteiger charge is 2.63. The van der Waals surface area contributed by atoms with E-state index in [9.17, 15) is 14.7 Å². The molecular formula is C93H106O27. The summed E-state index contributed by atoms with van der Waals surface area (Å²) >= 11 is 0. The number of aliphatic hydroxyl groups is 1. The number of carbonyl (C=O) groups is 3. The van der Waals surface area contributed by atoms with Gasteiger partial charge in [0.2, 0.25) is 0 Å². The largest absolute Gasteiger partial charge is 0.451 e. The van der Waals surface area contributed by atoms with Crippen LogP contribution < -0.4 is 0 Å². The van der Waals surface area contributed by atoms with E-state index in [0.29, 0.717) is 23.1 Å². The molecular weight excluding hydrogens is 1550 g/mol. The molecule has 0 aliphatic carbocycles. The summed E-state index contributed by atoms with van der Waals surface area (Å²) in [7, 11) is 0. The third kappa shape index (κ3) is 18.1. The highest BCUT2D eigenvalue weighted by molar-refractivity contribution is 5.90. The van der Waals surface area contributed by atoms with Gasteiger partial charge in [0.1, 0.15) is 79.4 Å². The van der Waals surface area contributed by atoms with Gasteiger partial charge in [-0.3, -0.25) is 0 Å². The lowest BCUT2D eigenvalue weighted by molar-refractivity contribution is -0.433. The lowest BCUT2D eigenvalue weighted by Crippen LogP contribution is -2.70. The second-order valence-corrected chi connectivity index (χ2v) is 32.5. The molecule has 10 aliphatic rings. The van der Waals surface area contributed by atoms with Gasteiger partial charge in [-0.15, -0.1) is 0 Å². The van der Waals surface area contributed by atoms with Gasteiger partial charge in [-0.1, -0.05) is 217 Å². The maximum atomic E-state index is 15.1. The Morgan fingerprint density at radius 2 is 0.633 bits per heavy atom. The Labute approximate surface area is 697 Å². The minimum absolute atomic E-state index is 0.00969. The van der Waals surface area contributed by atoms with Crippen LogP contribution in [-0.4, -0.2) is 210 Å². The number of rotatable bonds is 23. The van der Waals surface area contributed by atoms with Gasteiger partial charge >= 0.3 is 17.9 Å². The molecule has 10 aliphatic heterocycles. The molecule has 27 nitrogen and oxygen atoms in total. The van der Waals surface area contributed by atoms with Crippen LogP contribution in [0.5, 0.6) is 0 Å². The van der Waals surface area contributed by atoms with E-state index in [1.807, 2.05) is 142 Å². The Balaban J connectivity index is 0.751. The number of aliphatic hydroxyl groups excluding tert-OH is 1. The Kier molecular flexibility index (Phi) is 26.8. The number of benzene rings is 7. The first-order valence-corrected chi connectivity index (χ1v) is 42.1. The lowest BCUT2D eigenvalue weighted by atomic mass is 9.78. The standard InChI is InChI=1S/C93H106O27/c1-9-63-51(4)50(3)52(5)84(104-63)120-80-77(118-91-75(109-81(95)56-32-18-11-19-33-56)68(94)71-64(107-91)46-99-86(114-71)59-38-24-14-25-39-59)74-67(49-102-89(117-74)62-44-30-17-31-45-62)108-93(80)113-70-54(7)85(105-65-47-100-87(115-72(65)70)60-40-26-15-27-41-60)112-69-53(6)55(8)103-92(78(69)110-82(96)57-34-20-12-21-35-57)119-76-73-66(48-101-88(116-73)61-42-28-16-29-43-61)106-90(98-10-2)79(76)111-83(97)58-36-22-13-23-37-58/h11-45,50-55,63-80,84-94H,9-10,46-49H2,1-8H3/t50-,51-,52+,53-,54?,55?,63?,64?,65?,66?,67?,68-,69?,70+,71+,72+,73+,74+,75-,76-,77-,78-,79-,80?,84?,85-,86?,87?,88?,89?,90?,91?,92-,93-/m0/s1. The van der Waals surface area contributed by atoms with Crippen molar-refractivity contribution in [2.24, 2.45) is 29.6 Å². The molecule has 17 rings (SSSR count). The van der Waals surface area contributed by atoms with Gasteiger partial charge in [-0.2, -0.15) is 0 Å². The van der Waals surface area contributed by atoms with Crippen molar-refractivity contribution in [2.75, 3.05) is 33.0 Å². The van der Waals surface area contributed by atoms with Crippen LogP contribution in [0.15, 0.2) is 212 Å². The normalized spacial score (nSPS) is 39.3. The van der Waals surface area contributed by atoms with E-state index in [4.69, 9.17) is 109 Å². The van der Waals surface area contributed by atoms with Crippen molar-refractivity contribution in [3.05, 3.63) is 251 Å². The van der Waals surface area contributed by atoms with E-state index in [1.54, 1.807) is 97.9 Å². The Morgan fingerprint density at radius 3 is 1.07 bits per heavy atom. The fraction of sp³-hybridized carbons (Fsp3) is 0.516. The average Bonchev–Trinajstić information content (AvgIpc) is 0.746. The van der Waals surface area contributed by atoms with Gasteiger partial charge in [-0.25, -0.2) is 14.4 Å². The van der Waals surface area contributed by atoms with Gasteiger partial charge in [-0.05, 0) is 68.5 Å². The molecule has 0 bridgehead atoms. The van der Waals surface area contributed by atoms with Crippen LogP contribution in [0.4, 0.5) is 0 Å². The van der Waals surface area contributed by atoms with Gasteiger partial charge in [0, 0.05) is 46.6 Å². The van der Waals surface area contributed by atoms with E-state index in [0.717, 1.165) is 5.56 Å². The van der Waals surface area contributed by atoms with Crippen molar-refractivity contribution in [3.8, 4) is 0 Å². The quantitative estimate of drug-likeness (QED) is 0.0460. The second-order valence-electron chi connectivity index (χ2n) is 32.5. The third-order valence-electron chi connectivity index (χ3n) is 24.9. The van der Waals surface area contributed by atoms with Crippen LogP contribution in [-0.2, 0) is 109 Å². The van der Waals surface area contributed by atoms with E-state index >= 15 is 4.79 Å². The van der Waals surface area contributed by atoms with Crippen molar-refractivity contribution in [1.82, 2.24) is 0 Å². The fourth-order valence-electron chi connectivity index (χ4n) is 17.8. The molecule has 120 heavy (non-hydrogen) atoms. The molecule has 34 atom stereocenters. The van der Waals surface area contributed by atoms with E-state index in [1.165, 1.54) is 0 Å². The molecule has 7 aromatic rings. The summed E-state index contributed by atoms with van der Waals surface area (Å²) in [5.74, 6) is -3.76. The summed E-state index contributed by atoms with van der Waals surface area (Å²) in [4.78, 5) is 44.3. The number of ether oxygens (including phenoxy) is 23. The molecule has 0 spiro atoms. The highest BCUT2D eigenvalue weighted by Crippen LogP contribution is 2.49. The molecule has 640 valence electrons. The Hall–Kier alpha value is -7.89. The zero-order valence-corrected chi connectivity index (χ0v) is 68.1. The summed E-state index contributed by atoms with van der Waals surface area (Å²) < 4.78 is 161. The molecule has 10 saturated heterocycles. The van der Waals surface area contributed by atoms with Crippen LogP contribution in [0, 0.1) is 29.6 Å². The van der Waals surface area contributed by atoms with Gasteiger partial charge in [0.15, 0.2) is 81.2 Å². The smallest absolute Gasteiger partial charge is 0.338 e. The monoisotopic (exact) mass is 1650 g/mol. The summed E-state index contributed by atoms with van der Waals surface area (Å²) in [6, 6.07) is 63.2. The van der Waals surface area contributed by atoms with Crippen LogP contribution in [0.1, 0.15) is 140 Å². The maximum Gasteiger partial charge on any atom is 0.338 e. The molecule has 0 radical (unpaired) electrons. The predicted octanol–water partition coefficient (Wildman–Crippen LogP) is 12.4. The molecule has 16 unspecified atom stereocenters. The number of hydrogen-bond acceptors (Lipinski definition) is 27. The van der Waals surface area contributed by atoms with Gasteiger partial charge < -0.3 is 114 Å². The maximum absolute atomic E-state index is 15.1. The van der Waals surface area contributed by atoms with Crippen molar-refractivity contribution in [3.63, 3.8) is 0 Å². The first-order valence-electron chi connectivity index (χ1n) is 42.1. The zero-order valence-electron chi connectivity index (χ0n) is 68.1. The van der Waals surface area contributed by atoms with Crippen LogP contribution in [0.3, 0.4) is 0 Å². The zero-order chi connectivity index (χ0) is 82.7. The predicted molar refractivity (Wildman–Crippen MR) is 423 cm³/mol. The number of esters is 3. The second kappa shape index (κ2) is 38.1. The summed E-state index contributed by atoms with van der Waals surface area (Å²) in [6.07, 6.45) is -32.3. The SMILES string of the molecule is CCOC1OC2COC(c3ccccc3)O[C@H]2[C@H](O[C@@H]2OC(C)[C@H](C)C(O[C@@H]3OC4COC(c5ccccc5)O[C@H]4[C@H](O[C@@H]4OC5COC(c6ccccc6)O[C@H]5[C@H](OC5OC6COC(c7ccccc7)O[C@H]6[C@H](O)[C@@H]5OC(=O)c5ccccc5)C4OC4OC(CC)[C@@H](C)[C@H](C)[C@H]4C)C3C)[C@@H]2OC(=O)c2ccccc2)[C@@H]1OC(=O)c1ccccc1. The summed E-state index contributed by atoms with van der Waals surface area (Å²) in [6.45, 7) is 16.0. The summed E-state index contributed by atoms with van der Waals surface area (Å²) in [5.41, 5.74) is 3.49. The first kappa shape index (κ1) is 84.3.